The summed E-state index contributed by atoms with van der Waals surface area (Å²) in [5, 5.41) is 15.8. The maximum absolute atomic E-state index is 5.10. The van der Waals surface area contributed by atoms with E-state index in [9.17, 15) is 0 Å². The van der Waals surface area contributed by atoms with Crippen LogP contribution in [-0.2, 0) is 13.1 Å². The summed E-state index contributed by atoms with van der Waals surface area (Å²) < 4.78 is 7.17. The molecule has 1 saturated heterocycles. The quantitative estimate of drug-likeness (QED) is 0.890. The van der Waals surface area contributed by atoms with Crippen LogP contribution in [0.1, 0.15) is 36.0 Å². The Balaban J connectivity index is 1.63. The van der Waals surface area contributed by atoms with Crippen LogP contribution in [0.15, 0.2) is 16.8 Å². The van der Waals surface area contributed by atoms with Crippen LogP contribution in [-0.4, -0.2) is 45.2 Å². The number of hydrogen-bond donors (Lipinski definition) is 1. The fraction of sp³-hybridized carbons (Fsp3) is 0.643. The van der Waals surface area contributed by atoms with E-state index in [4.69, 9.17) is 4.52 Å². The summed E-state index contributed by atoms with van der Waals surface area (Å²) in [4.78, 5) is 2.20. The van der Waals surface area contributed by atoms with Gasteiger partial charge in [-0.1, -0.05) is 10.4 Å². The average Bonchev–Trinajstić information content (AvgIpc) is 3.09. The second-order valence-corrected chi connectivity index (χ2v) is 5.77. The van der Waals surface area contributed by atoms with Gasteiger partial charge in [-0.15, -0.1) is 5.10 Å². The van der Waals surface area contributed by atoms with Crippen molar-refractivity contribution in [3.63, 3.8) is 0 Å². The van der Waals surface area contributed by atoms with Crippen LogP contribution in [0.4, 0.5) is 0 Å². The number of piperidine rings is 1. The molecule has 1 fully saturated rings. The molecule has 0 radical (unpaired) electrons. The van der Waals surface area contributed by atoms with Crippen LogP contribution in [0.5, 0.6) is 0 Å². The Morgan fingerprint density at radius 3 is 3.10 bits per heavy atom. The smallest absolute Gasteiger partial charge is 0.133 e. The highest BCUT2D eigenvalue weighted by molar-refractivity contribution is 5.04. The lowest BCUT2D eigenvalue weighted by atomic mass is 10.1. The number of nitrogens with zero attached hydrogens (tertiary/aromatic N) is 5. The molecule has 21 heavy (non-hydrogen) atoms. The van der Waals surface area contributed by atoms with Crippen molar-refractivity contribution in [1.29, 1.82) is 0 Å². The molecule has 0 aliphatic carbocycles. The normalized spacial score (nSPS) is 19.3. The molecule has 3 rings (SSSR count). The third-order valence-electron chi connectivity index (χ3n) is 3.81. The molecule has 1 unspecified atom stereocenters. The van der Waals surface area contributed by atoms with Crippen molar-refractivity contribution in [1.82, 2.24) is 30.4 Å². The summed E-state index contributed by atoms with van der Waals surface area (Å²) in [5.74, 6) is 0.846. The summed E-state index contributed by atoms with van der Waals surface area (Å²) in [7, 11) is 2.07. The summed E-state index contributed by atoms with van der Waals surface area (Å²) >= 11 is 0. The van der Waals surface area contributed by atoms with Gasteiger partial charge in [0.15, 0.2) is 0 Å². The minimum atomic E-state index is 0.416. The molecule has 1 aliphatic rings. The van der Waals surface area contributed by atoms with E-state index < -0.39 is 0 Å². The Bertz CT molecular complexity index is 572. The van der Waals surface area contributed by atoms with E-state index in [1.165, 1.54) is 6.42 Å². The van der Waals surface area contributed by atoms with Crippen molar-refractivity contribution >= 4 is 0 Å². The van der Waals surface area contributed by atoms with Crippen LogP contribution in [0.25, 0.3) is 0 Å². The van der Waals surface area contributed by atoms with Gasteiger partial charge in [0.1, 0.15) is 5.76 Å². The van der Waals surface area contributed by atoms with Gasteiger partial charge in [-0.05, 0) is 33.4 Å². The second-order valence-electron chi connectivity index (χ2n) is 5.77. The van der Waals surface area contributed by atoms with E-state index >= 15 is 0 Å². The third-order valence-corrected chi connectivity index (χ3v) is 3.81. The van der Waals surface area contributed by atoms with E-state index in [1.807, 2.05) is 19.2 Å². The monoisotopic (exact) mass is 290 g/mol. The molecule has 0 saturated carbocycles. The van der Waals surface area contributed by atoms with Crippen LogP contribution in [0.3, 0.4) is 0 Å². The zero-order valence-corrected chi connectivity index (χ0v) is 12.6. The minimum absolute atomic E-state index is 0.416. The molecule has 0 bridgehead atoms. The Morgan fingerprint density at radius 2 is 2.38 bits per heavy atom. The lowest BCUT2D eigenvalue weighted by molar-refractivity contribution is 0.275. The molecule has 0 amide bonds. The number of rotatable bonds is 5. The standard InChI is InChI=1S/C14H22N6O/c1-11-6-12(17-21-11)9-19(2)10-14-8-16-18-20(14)13-4-3-5-15-7-13/h6,8,13,15H,3-5,7,9-10H2,1-2H3. The molecular weight excluding hydrogens is 268 g/mol. The summed E-state index contributed by atoms with van der Waals surface area (Å²) in [6.07, 6.45) is 4.22. The third kappa shape index (κ3) is 3.48. The first kappa shape index (κ1) is 14.2. The van der Waals surface area contributed by atoms with Crippen LogP contribution >= 0.6 is 0 Å². The maximum Gasteiger partial charge on any atom is 0.133 e. The number of aryl methyl sites for hydroxylation is 1. The van der Waals surface area contributed by atoms with Crippen molar-refractivity contribution < 1.29 is 4.52 Å². The van der Waals surface area contributed by atoms with Crippen LogP contribution in [0.2, 0.25) is 0 Å². The molecule has 114 valence electrons. The van der Waals surface area contributed by atoms with Gasteiger partial charge in [0, 0.05) is 25.7 Å². The largest absolute Gasteiger partial charge is 0.361 e. The molecule has 3 heterocycles. The van der Waals surface area contributed by atoms with Crippen molar-refractivity contribution in [3.05, 3.63) is 29.4 Å². The van der Waals surface area contributed by atoms with Gasteiger partial charge in [-0.2, -0.15) is 0 Å². The zero-order chi connectivity index (χ0) is 14.7. The topological polar surface area (TPSA) is 72.0 Å². The fourth-order valence-electron chi connectivity index (χ4n) is 2.83. The van der Waals surface area contributed by atoms with Gasteiger partial charge < -0.3 is 9.84 Å². The Hall–Kier alpha value is -1.73. The highest BCUT2D eigenvalue weighted by atomic mass is 16.5. The molecular formula is C14H22N6O. The molecule has 1 aliphatic heterocycles. The van der Waals surface area contributed by atoms with E-state index in [0.717, 1.165) is 49.7 Å². The molecule has 0 aromatic carbocycles. The van der Waals surface area contributed by atoms with Crippen molar-refractivity contribution in [2.24, 2.45) is 0 Å². The average molecular weight is 290 g/mol. The van der Waals surface area contributed by atoms with Crippen LogP contribution in [0, 0.1) is 6.92 Å². The van der Waals surface area contributed by atoms with Crippen LogP contribution < -0.4 is 5.32 Å². The Labute approximate surface area is 124 Å². The van der Waals surface area contributed by atoms with Gasteiger partial charge in [-0.3, -0.25) is 4.90 Å². The summed E-state index contributed by atoms with van der Waals surface area (Å²) in [6.45, 7) is 5.54. The number of aromatic nitrogens is 4. The van der Waals surface area contributed by atoms with Gasteiger partial charge >= 0.3 is 0 Å². The van der Waals surface area contributed by atoms with Gasteiger partial charge in [-0.25, -0.2) is 4.68 Å². The van der Waals surface area contributed by atoms with Crippen molar-refractivity contribution in [2.45, 2.75) is 38.9 Å². The Kier molecular flexibility index (Phi) is 4.31. The molecule has 1 N–H and O–H groups in total. The first-order valence-electron chi connectivity index (χ1n) is 7.43. The van der Waals surface area contributed by atoms with Gasteiger partial charge in [0.05, 0.1) is 23.6 Å². The molecule has 7 heteroatoms. The SMILES string of the molecule is Cc1cc(CN(C)Cc2cnnn2C2CCCNC2)no1. The molecule has 2 aromatic rings. The molecule has 1 atom stereocenters. The molecule has 7 nitrogen and oxygen atoms in total. The zero-order valence-electron chi connectivity index (χ0n) is 12.6. The van der Waals surface area contributed by atoms with Crippen molar-refractivity contribution in [3.8, 4) is 0 Å². The first-order valence-corrected chi connectivity index (χ1v) is 7.43. The predicted molar refractivity (Wildman–Crippen MR) is 77.6 cm³/mol. The van der Waals surface area contributed by atoms with Gasteiger partial charge in [0.25, 0.3) is 0 Å². The fourth-order valence-corrected chi connectivity index (χ4v) is 2.83. The molecule has 2 aromatic heterocycles. The minimum Gasteiger partial charge on any atom is -0.361 e. The highest BCUT2D eigenvalue weighted by Crippen LogP contribution is 2.18. The molecule has 0 spiro atoms. The second kappa shape index (κ2) is 6.36. The number of hydrogen-bond acceptors (Lipinski definition) is 6. The maximum atomic E-state index is 5.10. The van der Waals surface area contributed by atoms with E-state index in [0.29, 0.717) is 6.04 Å². The van der Waals surface area contributed by atoms with Crippen molar-refractivity contribution in [2.75, 3.05) is 20.1 Å². The number of nitrogens with one attached hydrogen (secondary N) is 1. The summed E-state index contributed by atoms with van der Waals surface area (Å²) in [5.41, 5.74) is 2.10. The van der Waals surface area contributed by atoms with E-state index in [-0.39, 0.29) is 0 Å². The lowest BCUT2D eigenvalue weighted by Gasteiger charge is -2.25. The Morgan fingerprint density at radius 1 is 1.48 bits per heavy atom. The summed E-state index contributed by atoms with van der Waals surface area (Å²) in [6, 6.07) is 2.39. The highest BCUT2D eigenvalue weighted by Gasteiger charge is 2.19. The first-order chi connectivity index (χ1) is 10.2. The lowest BCUT2D eigenvalue weighted by Crippen LogP contribution is -2.33. The predicted octanol–water partition coefficient (Wildman–Crippen LogP) is 1.13. The van der Waals surface area contributed by atoms with Gasteiger partial charge in [0.2, 0.25) is 0 Å². The van der Waals surface area contributed by atoms with E-state index in [2.05, 4.69) is 37.4 Å². The van der Waals surface area contributed by atoms with E-state index in [1.54, 1.807) is 0 Å².